The number of carbonyl (C=O) groups is 3. The van der Waals surface area contributed by atoms with Crippen molar-refractivity contribution in [1.82, 2.24) is 15.2 Å². The average molecular weight is 501 g/mol. The molecule has 3 N–H and O–H groups in total. The molecule has 2 unspecified atom stereocenters. The minimum Gasteiger partial charge on any atom is -0.368 e. The van der Waals surface area contributed by atoms with E-state index in [1.165, 1.54) is 35.6 Å². The second-order valence-electron chi connectivity index (χ2n) is 9.79. The standard InChI is InChI=1S/C26H33FN4O3S/c1-26(29-2,25(28)34)21(16-7-4-3-5-8-16)24(33)31-14-6-9-20(31)23-30-19(15-35-23)22(32)17-10-12-18(27)13-11-17/h10-13,15-16,20-21,29H,3-9,14H2,1-2H3,(H2,28,34)/t20-,21?,26?/m0/s1. The van der Waals surface area contributed by atoms with Crippen LogP contribution in [0.2, 0.25) is 0 Å². The topological polar surface area (TPSA) is 105 Å². The van der Waals surface area contributed by atoms with E-state index in [2.05, 4.69) is 10.3 Å². The summed E-state index contributed by atoms with van der Waals surface area (Å²) in [7, 11) is 1.68. The smallest absolute Gasteiger partial charge is 0.238 e. The summed E-state index contributed by atoms with van der Waals surface area (Å²) in [6.45, 7) is 2.31. The van der Waals surface area contributed by atoms with Crippen LogP contribution in [0.25, 0.3) is 0 Å². The summed E-state index contributed by atoms with van der Waals surface area (Å²) in [5.41, 5.74) is 5.33. The number of aromatic nitrogens is 1. The van der Waals surface area contributed by atoms with E-state index in [-0.39, 0.29) is 29.3 Å². The van der Waals surface area contributed by atoms with Gasteiger partial charge in [0, 0.05) is 17.5 Å². The molecule has 1 aromatic heterocycles. The number of ketones is 1. The van der Waals surface area contributed by atoms with Crippen molar-refractivity contribution in [3.05, 3.63) is 51.7 Å². The third-order valence-corrected chi connectivity index (χ3v) is 8.67. The lowest BCUT2D eigenvalue weighted by Gasteiger charge is -2.42. The Morgan fingerprint density at radius 2 is 1.83 bits per heavy atom. The van der Waals surface area contributed by atoms with Gasteiger partial charge in [0.2, 0.25) is 17.6 Å². The maximum atomic E-state index is 14.1. The summed E-state index contributed by atoms with van der Waals surface area (Å²) >= 11 is 1.35. The highest BCUT2D eigenvalue weighted by molar-refractivity contribution is 7.10. The fourth-order valence-corrected chi connectivity index (χ4v) is 6.52. The van der Waals surface area contributed by atoms with Gasteiger partial charge in [-0.2, -0.15) is 0 Å². The SMILES string of the molecule is CNC(C)(C(N)=O)C(C(=O)N1CCC[C@H]1c1nc(C(=O)c2ccc(F)cc2)cs1)C1CCCCC1. The van der Waals surface area contributed by atoms with Crippen LogP contribution < -0.4 is 11.1 Å². The molecule has 0 bridgehead atoms. The number of benzene rings is 1. The molecule has 1 aliphatic carbocycles. The molecule has 2 aromatic rings. The zero-order chi connectivity index (χ0) is 25.2. The molecule has 0 radical (unpaired) electrons. The van der Waals surface area contributed by atoms with Gasteiger partial charge in [-0.3, -0.25) is 14.4 Å². The van der Waals surface area contributed by atoms with Crippen molar-refractivity contribution in [2.45, 2.75) is 63.5 Å². The molecular formula is C26H33FN4O3S. The molecule has 188 valence electrons. The minimum absolute atomic E-state index is 0.0725. The third kappa shape index (κ3) is 5.02. The highest BCUT2D eigenvalue weighted by Gasteiger charge is 2.50. The summed E-state index contributed by atoms with van der Waals surface area (Å²) in [6.07, 6.45) is 6.57. The number of thiazole rings is 1. The van der Waals surface area contributed by atoms with Gasteiger partial charge in [-0.15, -0.1) is 11.3 Å². The summed E-state index contributed by atoms with van der Waals surface area (Å²) in [5, 5.41) is 5.47. The van der Waals surface area contributed by atoms with E-state index >= 15 is 0 Å². The quantitative estimate of drug-likeness (QED) is 0.536. The Labute approximate surface area is 209 Å². The fourth-order valence-electron chi connectivity index (χ4n) is 5.58. The third-order valence-electron chi connectivity index (χ3n) is 7.72. The molecule has 35 heavy (non-hydrogen) atoms. The highest BCUT2D eigenvalue weighted by Crippen LogP contribution is 2.41. The number of hydrogen-bond acceptors (Lipinski definition) is 6. The van der Waals surface area contributed by atoms with Gasteiger partial charge in [-0.25, -0.2) is 9.37 Å². The van der Waals surface area contributed by atoms with Crippen LogP contribution in [0.3, 0.4) is 0 Å². The van der Waals surface area contributed by atoms with E-state index < -0.39 is 23.2 Å². The zero-order valence-electron chi connectivity index (χ0n) is 20.3. The molecule has 1 aliphatic heterocycles. The number of amides is 2. The first-order valence-electron chi connectivity index (χ1n) is 12.3. The van der Waals surface area contributed by atoms with Crippen LogP contribution in [0.15, 0.2) is 29.6 Å². The normalized spacial score (nSPS) is 21.5. The molecule has 2 heterocycles. The number of nitrogens with two attached hydrogens (primary N) is 1. The van der Waals surface area contributed by atoms with Gasteiger partial charge in [-0.1, -0.05) is 19.3 Å². The molecule has 1 aromatic carbocycles. The lowest BCUT2D eigenvalue weighted by molar-refractivity contribution is -0.147. The molecule has 4 rings (SSSR count). The van der Waals surface area contributed by atoms with E-state index in [0.717, 1.165) is 44.9 Å². The van der Waals surface area contributed by atoms with E-state index in [4.69, 9.17) is 5.73 Å². The second kappa shape index (κ2) is 10.5. The first-order valence-corrected chi connectivity index (χ1v) is 13.2. The van der Waals surface area contributed by atoms with E-state index in [1.807, 2.05) is 4.90 Å². The number of likely N-dealkylation sites (N-methyl/N-ethyl adjacent to an activating group) is 1. The minimum atomic E-state index is -1.15. The lowest BCUT2D eigenvalue weighted by atomic mass is 9.69. The maximum Gasteiger partial charge on any atom is 0.238 e. The first kappa shape index (κ1) is 25.4. The Morgan fingerprint density at radius 1 is 1.14 bits per heavy atom. The number of nitrogens with zero attached hydrogens (tertiary/aromatic N) is 2. The summed E-state index contributed by atoms with van der Waals surface area (Å²) in [6, 6.07) is 5.14. The van der Waals surface area contributed by atoms with Crippen LogP contribution >= 0.6 is 11.3 Å². The van der Waals surface area contributed by atoms with Crippen LogP contribution in [-0.2, 0) is 9.59 Å². The Kier molecular flexibility index (Phi) is 7.66. The van der Waals surface area contributed by atoms with Crippen molar-refractivity contribution < 1.29 is 18.8 Å². The molecule has 7 nitrogen and oxygen atoms in total. The van der Waals surface area contributed by atoms with Crippen molar-refractivity contribution in [3.8, 4) is 0 Å². The van der Waals surface area contributed by atoms with Gasteiger partial charge in [0.25, 0.3) is 0 Å². The van der Waals surface area contributed by atoms with Crippen molar-refractivity contribution in [2.75, 3.05) is 13.6 Å². The van der Waals surface area contributed by atoms with Gasteiger partial charge >= 0.3 is 0 Å². The molecule has 1 saturated heterocycles. The largest absolute Gasteiger partial charge is 0.368 e. The molecule has 2 amide bonds. The van der Waals surface area contributed by atoms with Crippen LogP contribution in [0.5, 0.6) is 0 Å². The molecule has 2 aliphatic rings. The van der Waals surface area contributed by atoms with Crippen LogP contribution in [-0.4, -0.2) is 46.6 Å². The number of primary amides is 1. The predicted molar refractivity (Wildman–Crippen MR) is 132 cm³/mol. The van der Waals surface area contributed by atoms with Crippen LogP contribution in [0.1, 0.15) is 79.0 Å². The van der Waals surface area contributed by atoms with Gasteiger partial charge in [0.1, 0.15) is 22.1 Å². The number of nitrogens with one attached hydrogen (secondary N) is 1. The molecule has 0 spiro atoms. The summed E-state index contributed by atoms with van der Waals surface area (Å²) < 4.78 is 13.2. The highest BCUT2D eigenvalue weighted by atomic mass is 32.1. The Bertz CT molecular complexity index is 1080. The van der Waals surface area contributed by atoms with Crippen molar-refractivity contribution in [3.63, 3.8) is 0 Å². The van der Waals surface area contributed by atoms with Gasteiger partial charge in [0.05, 0.1) is 12.0 Å². The monoisotopic (exact) mass is 500 g/mol. The first-order chi connectivity index (χ1) is 16.8. The molecule has 3 atom stereocenters. The van der Waals surface area contributed by atoms with Crippen LogP contribution in [0, 0.1) is 17.7 Å². The Hall–Kier alpha value is -2.65. The number of halogens is 1. The molecule has 9 heteroatoms. The average Bonchev–Trinajstić information content (AvgIpc) is 3.54. The van der Waals surface area contributed by atoms with Gasteiger partial charge in [-0.05, 0) is 69.8 Å². The molecule has 1 saturated carbocycles. The number of carbonyl (C=O) groups excluding carboxylic acids is 3. The molecule has 2 fully saturated rings. The van der Waals surface area contributed by atoms with Crippen LogP contribution in [0.4, 0.5) is 4.39 Å². The molecular weight excluding hydrogens is 467 g/mol. The maximum absolute atomic E-state index is 14.1. The fraction of sp³-hybridized carbons (Fsp3) is 0.538. The lowest BCUT2D eigenvalue weighted by Crippen LogP contribution is -2.63. The van der Waals surface area contributed by atoms with E-state index in [0.29, 0.717) is 17.1 Å². The summed E-state index contributed by atoms with van der Waals surface area (Å²) in [4.78, 5) is 45.9. The second-order valence-corrected chi connectivity index (χ2v) is 10.7. The summed E-state index contributed by atoms with van der Waals surface area (Å²) in [5.74, 6) is -1.77. The van der Waals surface area contributed by atoms with Crippen molar-refractivity contribution in [2.24, 2.45) is 17.6 Å². The van der Waals surface area contributed by atoms with Crippen molar-refractivity contribution >= 4 is 28.9 Å². The Morgan fingerprint density at radius 3 is 2.46 bits per heavy atom. The van der Waals surface area contributed by atoms with E-state index in [1.54, 1.807) is 19.4 Å². The Balaban J connectivity index is 1.60. The van der Waals surface area contributed by atoms with Crippen molar-refractivity contribution in [1.29, 1.82) is 0 Å². The zero-order valence-corrected chi connectivity index (χ0v) is 21.1. The van der Waals surface area contributed by atoms with Gasteiger partial charge < -0.3 is 16.0 Å². The van der Waals surface area contributed by atoms with E-state index in [9.17, 15) is 18.8 Å². The predicted octanol–water partition coefficient (Wildman–Crippen LogP) is 3.84. The number of rotatable bonds is 8. The number of hydrogen-bond donors (Lipinski definition) is 2. The van der Waals surface area contributed by atoms with Gasteiger partial charge in [0.15, 0.2) is 0 Å². The number of likely N-dealkylation sites (tertiary alicyclic amines) is 1.